The molecule has 1 saturated carbocycles. The van der Waals surface area contributed by atoms with Crippen molar-refractivity contribution in [2.75, 3.05) is 31.6 Å². The van der Waals surface area contributed by atoms with Crippen LogP contribution in [0, 0.1) is 5.92 Å². The van der Waals surface area contributed by atoms with Crippen LogP contribution in [0.1, 0.15) is 57.0 Å². The molecule has 2 unspecified atom stereocenters. The van der Waals surface area contributed by atoms with E-state index in [1.807, 2.05) is 12.1 Å². The maximum absolute atomic E-state index is 13.5. The lowest BCUT2D eigenvalue weighted by Crippen LogP contribution is -2.42. The molecule has 9 heteroatoms. The number of halogens is 2. The first-order valence-corrected chi connectivity index (χ1v) is 11.0. The average Bonchev–Trinajstić information content (AvgIpc) is 3.51. The van der Waals surface area contributed by atoms with Crippen molar-refractivity contribution in [3.05, 3.63) is 46.8 Å². The van der Waals surface area contributed by atoms with Gasteiger partial charge in [-0.15, -0.1) is 0 Å². The number of carbonyl (C=O) groups is 2. The predicted molar refractivity (Wildman–Crippen MR) is 112 cm³/mol. The first-order chi connectivity index (χ1) is 15.3. The van der Waals surface area contributed by atoms with Crippen molar-refractivity contribution in [2.45, 2.75) is 37.6 Å². The zero-order valence-electron chi connectivity index (χ0n) is 17.7. The minimum absolute atomic E-state index is 0.0166. The highest BCUT2D eigenvalue weighted by Gasteiger charge is 2.47. The predicted octanol–water partition coefficient (Wildman–Crippen LogP) is 3.19. The van der Waals surface area contributed by atoms with Crippen molar-refractivity contribution in [3.63, 3.8) is 0 Å². The summed E-state index contributed by atoms with van der Waals surface area (Å²) in [6.07, 6.45) is 3.63. The molecule has 166 valence electrons. The fourth-order valence-electron chi connectivity index (χ4n) is 5.15. The maximum atomic E-state index is 13.5. The van der Waals surface area contributed by atoms with E-state index in [1.165, 1.54) is 4.90 Å². The molecule has 1 aliphatic carbocycles. The summed E-state index contributed by atoms with van der Waals surface area (Å²) in [5.74, 6) is -0.551. The number of alkyl halides is 2. The Morgan fingerprint density at radius 1 is 1.16 bits per heavy atom. The molecule has 32 heavy (non-hydrogen) atoms. The Labute approximate surface area is 184 Å². The lowest BCUT2D eigenvalue weighted by molar-refractivity contribution is -0.0494. The molecule has 0 spiro atoms. The fourth-order valence-corrected chi connectivity index (χ4v) is 5.15. The van der Waals surface area contributed by atoms with Crippen molar-refractivity contribution in [1.29, 1.82) is 0 Å². The number of aromatic nitrogens is 2. The molecule has 6 rings (SSSR count). The third kappa shape index (κ3) is 3.05. The Hall–Kier alpha value is -3.10. The molecule has 2 amide bonds. The standard InChI is InChI=1S/C23H23F2N5O2/c1-28-11-15-8-19(26-10-18(15)22(28)32)30-12-14-7-16(14)17-6-13(9-27-20(17)30)21(31)29-4-2-23(24,25)3-5-29/h6,8-10,14,16H,2-5,7,11-12H2,1H3. The first-order valence-electron chi connectivity index (χ1n) is 11.0. The minimum Gasteiger partial charge on any atom is -0.338 e. The van der Waals surface area contributed by atoms with E-state index in [0.717, 1.165) is 35.7 Å². The first kappa shape index (κ1) is 19.6. The fraction of sp³-hybridized carbons (Fsp3) is 0.478. The molecule has 5 heterocycles. The lowest BCUT2D eigenvalue weighted by atomic mass is 10.0. The van der Waals surface area contributed by atoms with Crippen LogP contribution in [0.15, 0.2) is 24.5 Å². The number of carbonyl (C=O) groups excluding carboxylic acids is 2. The molecule has 3 aliphatic heterocycles. The van der Waals surface area contributed by atoms with Crippen LogP contribution in [0.5, 0.6) is 0 Å². The normalized spacial score (nSPS) is 25.3. The summed E-state index contributed by atoms with van der Waals surface area (Å²) in [5, 5.41) is 0. The Morgan fingerprint density at radius 3 is 2.72 bits per heavy atom. The molecular formula is C23H23F2N5O2. The largest absolute Gasteiger partial charge is 0.338 e. The molecule has 4 aliphatic rings. The van der Waals surface area contributed by atoms with Crippen LogP contribution in [0.4, 0.5) is 20.4 Å². The summed E-state index contributed by atoms with van der Waals surface area (Å²) in [7, 11) is 1.77. The SMILES string of the molecule is CN1Cc2cc(N3CC4CC4c4cc(C(=O)N5CCC(F)(F)CC5)cnc43)ncc2C1=O. The Bertz CT molecular complexity index is 1140. The zero-order valence-corrected chi connectivity index (χ0v) is 17.7. The van der Waals surface area contributed by atoms with Gasteiger partial charge in [0.2, 0.25) is 0 Å². The van der Waals surface area contributed by atoms with Gasteiger partial charge in [0, 0.05) is 58.5 Å². The van der Waals surface area contributed by atoms with Gasteiger partial charge in [0.1, 0.15) is 11.6 Å². The Kier molecular flexibility index (Phi) is 4.10. The molecule has 2 aromatic heterocycles. The Balaban J connectivity index is 1.30. The van der Waals surface area contributed by atoms with E-state index in [4.69, 9.17) is 0 Å². The van der Waals surface area contributed by atoms with Gasteiger partial charge in [-0.05, 0) is 41.5 Å². The molecule has 0 radical (unpaired) electrons. The number of anilines is 2. The van der Waals surface area contributed by atoms with Gasteiger partial charge in [-0.1, -0.05) is 0 Å². The van der Waals surface area contributed by atoms with Crippen LogP contribution in [-0.2, 0) is 6.54 Å². The minimum atomic E-state index is -2.69. The molecule has 1 saturated heterocycles. The van der Waals surface area contributed by atoms with E-state index in [1.54, 1.807) is 24.3 Å². The number of hydrogen-bond acceptors (Lipinski definition) is 5. The van der Waals surface area contributed by atoms with E-state index < -0.39 is 5.92 Å². The van der Waals surface area contributed by atoms with Crippen LogP contribution >= 0.6 is 0 Å². The molecule has 2 fully saturated rings. The van der Waals surface area contributed by atoms with Gasteiger partial charge < -0.3 is 14.7 Å². The highest BCUT2D eigenvalue weighted by molar-refractivity contribution is 5.98. The van der Waals surface area contributed by atoms with Gasteiger partial charge >= 0.3 is 0 Å². The monoisotopic (exact) mass is 439 g/mol. The van der Waals surface area contributed by atoms with Gasteiger partial charge in [0.25, 0.3) is 17.7 Å². The number of nitrogens with zero attached hydrogens (tertiary/aromatic N) is 5. The third-order valence-corrected chi connectivity index (χ3v) is 7.16. The maximum Gasteiger partial charge on any atom is 0.255 e. The van der Waals surface area contributed by atoms with Gasteiger partial charge in [-0.2, -0.15) is 0 Å². The molecule has 0 aromatic carbocycles. The second-order valence-electron chi connectivity index (χ2n) is 9.36. The van der Waals surface area contributed by atoms with Crippen LogP contribution in [0.25, 0.3) is 0 Å². The lowest BCUT2D eigenvalue weighted by Gasteiger charge is -2.32. The number of hydrogen-bond donors (Lipinski definition) is 0. The smallest absolute Gasteiger partial charge is 0.255 e. The summed E-state index contributed by atoms with van der Waals surface area (Å²) >= 11 is 0. The number of likely N-dealkylation sites (tertiary alicyclic amines) is 1. The van der Waals surface area contributed by atoms with Crippen LogP contribution in [0.2, 0.25) is 0 Å². The summed E-state index contributed by atoms with van der Waals surface area (Å²) in [6.45, 7) is 1.49. The van der Waals surface area contributed by atoms with Crippen molar-refractivity contribution in [1.82, 2.24) is 19.8 Å². The summed E-state index contributed by atoms with van der Waals surface area (Å²) < 4.78 is 26.9. The second kappa shape index (κ2) is 6.70. The van der Waals surface area contributed by atoms with Crippen LogP contribution in [0.3, 0.4) is 0 Å². The van der Waals surface area contributed by atoms with Gasteiger partial charge in [0.15, 0.2) is 0 Å². The van der Waals surface area contributed by atoms with Gasteiger partial charge in [0.05, 0.1) is 11.1 Å². The molecule has 0 bridgehead atoms. The Morgan fingerprint density at radius 2 is 1.94 bits per heavy atom. The molecule has 2 aromatic rings. The van der Waals surface area contributed by atoms with E-state index in [0.29, 0.717) is 29.5 Å². The summed E-state index contributed by atoms with van der Waals surface area (Å²) in [5.41, 5.74) is 3.06. The highest BCUT2D eigenvalue weighted by Crippen LogP contribution is 2.55. The van der Waals surface area contributed by atoms with E-state index in [9.17, 15) is 18.4 Å². The summed E-state index contributed by atoms with van der Waals surface area (Å²) in [6, 6.07) is 3.84. The quantitative estimate of drug-likeness (QED) is 0.719. The number of rotatable bonds is 2. The zero-order chi connectivity index (χ0) is 22.2. The van der Waals surface area contributed by atoms with Crippen LogP contribution in [-0.4, -0.2) is 64.2 Å². The summed E-state index contributed by atoms with van der Waals surface area (Å²) in [4.78, 5) is 39.6. The van der Waals surface area contributed by atoms with Crippen molar-refractivity contribution < 1.29 is 18.4 Å². The second-order valence-corrected chi connectivity index (χ2v) is 9.36. The number of piperidine rings is 1. The number of amides is 2. The van der Waals surface area contributed by atoms with Crippen molar-refractivity contribution in [2.24, 2.45) is 5.92 Å². The molecule has 0 N–H and O–H groups in total. The van der Waals surface area contributed by atoms with E-state index in [-0.39, 0.29) is 37.7 Å². The third-order valence-electron chi connectivity index (χ3n) is 7.16. The van der Waals surface area contributed by atoms with E-state index in [2.05, 4.69) is 14.9 Å². The van der Waals surface area contributed by atoms with Crippen molar-refractivity contribution >= 4 is 23.5 Å². The van der Waals surface area contributed by atoms with Gasteiger partial charge in [-0.25, -0.2) is 18.7 Å². The average molecular weight is 439 g/mol. The molecular weight excluding hydrogens is 416 g/mol. The number of pyridine rings is 2. The number of fused-ring (bicyclic) bond motifs is 4. The van der Waals surface area contributed by atoms with Gasteiger partial charge in [-0.3, -0.25) is 9.59 Å². The highest BCUT2D eigenvalue weighted by atomic mass is 19.3. The van der Waals surface area contributed by atoms with Crippen LogP contribution < -0.4 is 4.90 Å². The molecule has 7 nitrogen and oxygen atoms in total. The molecule has 2 atom stereocenters. The van der Waals surface area contributed by atoms with Crippen molar-refractivity contribution in [3.8, 4) is 0 Å². The van der Waals surface area contributed by atoms with E-state index >= 15 is 0 Å². The topological polar surface area (TPSA) is 69.6 Å².